The summed E-state index contributed by atoms with van der Waals surface area (Å²) < 4.78 is 13.0. The number of rotatable bonds is 6. The molecule has 3 aromatic heterocycles. The molecule has 0 fully saturated rings. The zero-order chi connectivity index (χ0) is 21.4. The Morgan fingerprint density at radius 2 is 2.13 bits per heavy atom. The SMILES string of the molecule is CNC(=O)CCn1c(Sc2cc3c(cc2-c2nccs2)OCO3)nc2c(N)ncnc21. The number of thiazole rings is 1. The van der Waals surface area contributed by atoms with Gasteiger partial charge in [0.1, 0.15) is 11.3 Å². The first-order valence-electron chi connectivity index (χ1n) is 9.32. The van der Waals surface area contributed by atoms with E-state index in [4.69, 9.17) is 15.2 Å². The van der Waals surface area contributed by atoms with Crippen molar-refractivity contribution >= 4 is 46.0 Å². The lowest BCUT2D eigenvalue weighted by Gasteiger charge is -2.11. The molecule has 158 valence electrons. The van der Waals surface area contributed by atoms with Crippen molar-refractivity contribution in [3.05, 3.63) is 30.0 Å². The lowest BCUT2D eigenvalue weighted by Crippen LogP contribution is -2.19. The lowest BCUT2D eigenvalue weighted by atomic mass is 10.2. The summed E-state index contributed by atoms with van der Waals surface area (Å²) in [6, 6.07) is 3.84. The number of amides is 1. The molecule has 1 aliphatic heterocycles. The van der Waals surface area contributed by atoms with Crippen LogP contribution in [0.3, 0.4) is 0 Å². The first kappa shape index (κ1) is 19.6. The van der Waals surface area contributed by atoms with Gasteiger partial charge in [0.2, 0.25) is 12.7 Å². The minimum Gasteiger partial charge on any atom is -0.454 e. The Bertz CT molecular complexity index is 1270. The number of aryl methyl sites for hydroxylation is 1. The second-order valence-electron chi connectivity index (χ2n) is 6.54. The van der Waals surface area contributed by atoms with Gasteiger partial charge in [0.05, 0.1) is 0 Å². The van der Waals surface area contributed by atoms with Crippen LogP contribution in [0.25, 0.3) is 21.7 Å². The molecule has 0 saturated heterocycles. The number of fused-ring (bicyclic) bond motifs is 2. The monoisotopic (exact) mass is 455 g/mol. The number of carbonyl (C=O) groups excluding carboxylic acids is 1. The van der Waals surface area contributed by atoms with Gasteiger partial charge in [-0.15, -0.1) is 11.3 Å². The van der Waals surface area contributed by atoms with Gasteiger partial charge in [0.15, 0.2) is 33.6 Å². The van der Waals surface area contributed by atoms with Crippen molar-refractivity contribution in [1.82, 2.24) is 29.8 Å². The third kappa shape index (κ3) is 3.64. The molecule has 1 amide bonds. The van der Waals surface area contributed by atoms with Crippen LogP contribution in [0.15, 0.2) is 40.1 Å². The number of benzene rings is 1. The Morgan fingerprint density at radius 1 is 1.29 bits per heavy atom. The fraction of sp³-hybridized carbons (Fsp3) is 0.211. The quantitative estimate of drug-likeness (QED) is 0.450. The molecule has 1 aliphatic rings. The van der Waals surface area contributed by atoms with Crippen LogP contribution in [0.2, 0.25) is 0 Å². The van der Waals surface area contributed by atoms with Gasteiger partial charge in [-0.2, -0.15) is 0 Å². The molecule has 10 nitrogen and oxygen atoms in total. The highest BCUT2D eigenvalue weighted by molar-refractivity contribution is 7.99. The van der Waals surface area contributed by atoms with E-state index in [1.165, 1.54) is 29.4 Å². The maximum Gasteiger partial charge on any atom is 0.231 e. The van der Waals surface area contributed by atoms with Gasteiger partial charge in [-0.05, 0) is 12.1 Å². The topological polar surface area (TPSA) is 130 Å². The predicted molar refractivity (Wildman–Crippen MR) is 116 cm³/mol. The van der Waals surface area contributed by atoms with Crippen molar-refractivity contribution in [1.29, 1.82) is 0 Å². The van der Waals surface area contributed by atoms with E-state index in [1.807, 2.05) is 22.1 Å². The number of nitrogens with two attached hydrogens (primary N) is 1. The number of ether oxygens (including phenoxy) is 2. The van der Waals surface area contributed by atoms with Crippen LogP contribution in [-0.4, -0.2) is 44.3 Å². The van der Waals surface area contributed by atoms with Gasteiger partial charge in [0.25, 0.3) is 0 Å². The van der Waals surface area contributed by atoms with Crippen molar-refractivity contribution in [3.63, 3.8) is 0 Å². The molecule has 0 spiro atoms. The van der Waals surface area contributed by atoms with Gasteiger partial charge in [-0.25, -0.2) is 19.9 Å². The first-order chi connectivity index (χ1) is 15.1. The number of anilines is 1. The number of aromatic nitrogens is 5. The summed E-state index contributed by atoms with van der Waals surface area (Å²) in [6.07, 6.45) is 3.43. The van der Waals surface area contributed by atoms with Crippen molar-refractivity contribution in [2.75, 3.05) is 19.6 Å². The molecule has 1 aromatic carbocycles. The van der Waals surface area contributed by atoms with Crippen LogP contribution in [0.1, 0.15) is 6.42 Å². The molecule has 0 unspecified atom stereocenters. The standard InChI is InChI=1S/C19H17N7O3S2/c1-21-14(27)2-4-26-17-15(16(20)23-8-24-17)25-19(26)31-13-7-12-11(28-9-29-12)6-10(13)18-22-3-5-30-18/h3,5-8H,2,4,9H2,1H3,(H,21,27)(H2,20,23,24). The van der Waals surface area contributed by atoms with Crippen molar-refractivity contribution in [2.45, 2.75) is 23.0 Å². The zero-order valence-corrected chi connectivity index (χ0v) is 18.0. The normalized spacial score (nSPS) is 12.4. The van der Waals surface area contributed by atoms with E-state index in [0.29, 0.717) is 34.4 Å². The fourth-order valence-electron chi connectivity index (χ4n) is 3.18. The molecule has 4 aromatic rings. The fourth-order valence-corrected chi connectivity index (χ4v) is 4.97. The molecular weight excluding hydrogens is 438 g/mol. The molecule has 4 heterocycles. The van der Waals surface area contributed by atoms with Gasteiger partial charge in [-0.3, -0.25) is 4.79 Å². The van der Waals surface area contributed by atoms with Crippen LogP contribution < -0.4 is 20.5 Å². The molecule has 12 heteroatoms. The van der Waals surface area contributed by atoms with Crippen molar-refractivity contribution < 1.29 is 14.3 Å². The van der Waals surface area contributed by atoms with E-state index in [9.17, 15) is 4.79 Å². The van der Waals surface area contributed by atoms with E-state index in [1.54, 1.807) is 13.2 Å². The molecule has 3 N–H and O–H groups in total. The zero-order valence-electron chi connectivity index (χ0n) is 16.4. The second kappa shape index (κ2) is 8.04. The highest BCUT2D eigenvalue weighted by Gasteiger charge is 2.23. The minimum absolute atomic E-state index is 0.0774. The maximum atomic E-state index is 11.9. The van der Waals surface area contributed by atoms with E-state index in [2.05, 4.69) is 25.3 Å². The highest BCUT2D eigenvalue weighted by atomic mass is 32.2. The average Bonchev–Trinajstić information content (AvgIpc) is 3.52. The van der Waals surface area contributed by atoms with Gasteiger partial charge >= 0.3 is 0 Å². The molecule has 0 saturated carbocycles. The van der Waals surface area contributed by atoms with E-state index in [-0.39, 0.29) is 24.9 Å². The maximum absolute atomic E-state index is 11.9. The molecule has 31 heavy (non-hydrogen) atoms. The smallest absolute Gasteiger partial charge is 0.231 e. The third-order valence-electron chi connectivity index (χ3n) is 4.71. The highest BCUT2D eigenvalue weighted by Crippen LogP contribution is 2.45. The predicted octanol–water partition coefficient (Wildman–Crippen LogP) is 2.55. The summed E-state index contributed by atoms with van der Waals surface area (Å²) in [7, 11) is 1.61. The number of hydrogen-bond donors (Lipinski definition) is 2. The van der Waals surface area contributed by atoms with Crippen LogP contribution in [0.4, 0.5) is 5.82 Å². The molecular formula is C19H17N7O3S2. The van der Waals surface area contributed by atoms with Crippen LogP contribution in [-0.2, 0) is 11.3 Å². The minimum atomic E-state index is -0.0774. The number of nitrogen functional groups attached to an aromatic ring is 1. The number of nitrogens with zero attached hydrogens (tertiary/aromatic N) is 5. The Hall–Kier alpha value is -3.38. The molecule has 0 bridgehead atoms. The molecule has 0 atom stereocenters. The third-order valence-corrected chi connectivity index (χ3v) is 6.56. The van der Waals surface area contributed by atoms with Gasteiger partial charge in [-0.1, -0.05) is 11.8 Å². The van der Waals surface area contributed by atoms with Gasteiger partial charge in [0, 0.05) is 42.0 Å². The average molecular weight is 456 g/mol. The number of carbonyl (C=O) groups is 1. The molecule has 5 rings (SSSR count). The Balaban J connectivity index is 1.61. The summed E-state index contributed by atoms with van der Waals surface area (Å²) in [6.45, 7) is 0.573. The molecule has 0 aliphatic carbocycles. The number of hydrogen-bond acceptors (Lipinski definition) is 10. The van der Waals surface area contributed by atoms with E-state index < -0.39 is 0 Å². The van der Waals surface area contributed by atoms with Crippen LogP contribution >= 0.6 is 23.1 Å². The van der Waals surface area contributed by atoms with E-state index >= 15 is 0 Å². The lowest BCUT2D eigenvalue weighted by molar-refractivity contribution is -0.120. The van der Waals surface area contributed by atoms with Gasteiger partial charge < -0.3 is 25.1 Å². The summed E-state index contributed by atoms with van der Waals surface area (Å²) in [5.41, 5.74) is 8.02. The van der Waals surface area contributed by atoms with Crippen LogP contribution in [0.5, 0.6) is 11.5 Å². The van der Waals surface area contributed by atoms with Crippen LogP contribution in [0, 0.1) is 0 Å². The summed E-state index contributed by atoms with van der Waals surface area (Å²) in [4.78, 5) is 30.3. The Kier molecular flexibility index (Phi) is 5.08. The summed E-state index contributed by atoms with van der Waals surface area (Å²) >= 11 is 2.96. The largest absolute Gasteiger partial charge is 0.454 e. The summed E-state index contributed by atoms with van der Waals surface area (Å²) in [5, 5.41) is 6.05. The Morgan fingerprint density at radius 3 is 2.90 bits per heavy atom. The number of nitrogens with one attached hydrogen (secondary N) is 1. The summed E-state index contributed by atoms with van der Waals surface area (Å²) in [5.74, 6) is 1.55. The second-order valence-corrected chi connectivity index (χ2v) is 8.44. The Labute approximate surface area is 184 Å². The molecule has 0 radical (unpaired) electrons. The number of imidazole rings is 1. The van der Waals surface area contributed by atoms with Crippen molar-refractivity contribution in [3.8, 4) is 22.1 Å². The first-order valence-corrected chi connectivity index (χ1v) is 11.0. The van der Waals surface area contributed by atoms with E-state index in [0.717, 1.165) is 15.5 Å². The van der Waals surface area contributed by atoms with Crippen molar-refractivity contribution in [2.24, 2.45) is 0 Å².